The largest absolute Gasteiger partial charge is 0.336 e. The minimum absolute atomic E-state index is 0.000986. The number of hydrogen-bond donors (Lipinski definition) is 0. The van der Waals surface area contributed by atoms with Gasteiger partial charge >= 0.3 is 0 Å². The molecule has 3 nitrogen and oxygen atoms in total. The molecule has 1 aliphatic heterocycles. The normalized spacial score (nSPS) is 15.5. The van der Waals surface area contributed by atoms with Crippen LogP contribution in [0.1, 0.15) is 22.3 Å². The van der Waals surface area contributed by atoms with Crippen LogP contribution in [0.25, 0.3) is 0 Å². The third-order valence-electron chi connectivity index (χ3n) is 4.53. The van der Waals surface area contributed by atoms with Crippen LogP contribution in [0.15, 0.2) is 54.6 Å². The first-order valence-electron chi connectivity index (χ1n) is 8.53. The molecular weight excluding hydrogens is 303 g/mol. The minimum atomic E-state index is -0.310. The second-order valence-corrected chi connectivity index (χ2v) is 6.23. The van der Waals surface area contributed by atoms with E-state index in [1.54, 1.807) is 12.1 Å². The van der Waals surface area contributed by atoms with Gasteiger partial charge in [0, 0.05) is 31.7 Å². The van der Waals surface area contributed by atoms with Gasteiger partial charge in [0.15, 0.2) is 0 Å². The molecule has 1 amide bonds. The van der Waals surface area contributed by atoms with E-state index in [0.717, 1.165) is 45.6 Å². The monoisotopic (exact) mass is 326 g/mol. The summed E-state index contributed by atoms with van der Waals surface area (Å²) >= 11 is 0. The Hall–Kier alpha value is -2.20. The van der Waals surface area contributed by atoms with Gasteiger partial charge in [0.25, 0.3) is 5.91 Å². The molecule has 2 aromatic rings. The van der Waals surface area contributed by atoms with Gasteiger partial charge in [-0.05, 0) is 49.2 Å². The van der Waals surface area contributed by atoms with Gasteiger partial charge in [-0.3, -0.25) is 9.69 Å². The number of halogens is 1. The third kappa shape index (κ3) is 4.42. The van der Waals surface area contributed by atoms with Gasteiger partial charge in [0.1, 0.15) is 5.82 Å². The molecule has 4 heteroatoms. The van der Waals surface area contributed by atoms with E-state index in [-0.39, 0.29) is 11.7 Å². The van der Waals surface area contributed by atoms with Crippen LogP contribution in [0.2, 0.25) is 0 Å². The molecule has 0 N–H and O–H groups in total. The standard InChI is InChI=1S/C20H23FN2O/c21-19-10-8-18(9-11-19)20(24)23-15-13-22(14-16-23)12-4-7-17-5-2-1-3-6-17/h1-3,5-6,8-11H,4,7,12-16H2. The minimum Gasteiger partial charge on any atom is -0.336 e. The van der Waals surface area contributed by atoms with Gasteiger partial charge in [0.2, 0.25) is 0 Å². The third-order valence-corrected chi connectivity index (χ3v) is 4.53. The highest BCUT2D eigenvalue weighted by molar-refractivity contribution is 5.94. The van der Waals surface area contributed by atoms with Gasteiger partial charge in [-0.2, -0.15) is 0 Å². The summed E-state index contributed by atoms with van der Waals surface area (Å²) in [7, 11) is 0. The molecule has 1 heterocycles. The van der Waals surface area contributed by atoms with E-state index in [4.69, 9.17) is 0 Å². The Morgan fingerprint density at radius 1 is 0.917 bits per heavy atom. The van der Waals surface area contributed by atoms with E-state index >= 15 is 0 Å². The van der Waals surface area contributed by atoms with Crippen molar-refractivity contribution in [3.63, 3.8) is 0 Å². The van der Waals surface area contributed by atoms with Crippen LogP contribution in [0.5, 0.6) is 0 Å². The van der Waals surface area contributed by atoms with Crippen molar-refractivity contribution in [2.45, 2.75) is 12.8 Å². The molecule has 3 rings (SSSR count). The molecule has 0 bridgehead atoms. The Kier molecular flexibility index (Phi) is 5.59. The van der Waals surface area contributed by atoms with Crippen molar-refractivity contribution in [1.29, 1.82) is 0 Å². The summed E-state index contributed by atoms with van der Waals surface area (Å²) in [6.07, 6.45) is 2.23. The van der Waals surface area contributed by atoms with Gasteiger partial charge in [0.05, 0.1) is 0 Å². The molecule has 0 atom stereocenters. The summed E-state index contributed by atoms with van der Waals surface area (Å²) < 4.78 is 13.0. The van der Waals surface area contributed by atoms with Crippen molar-refractivity contribution in [3.05, 3.63) is 71.5 Å². The Bertz CT molecular complexity index is 649. The predicted molar refractivity (Wildman–Crippen MR) is 93.5 cm³/mol. The van der Waals surface area contributed by atoms with Crippen LogP contribution in [0, 0.1) is 5.82 Å². The molecule has 0 saturated carbocycles. The molecule has 0 unspecified atom stereocenters. The van der Waals surface area contributed by atoms with Gasteiger partial charge < -0.3 is 4.90 Å². The number of carbonyl (C=O) groups excluding carboxylic acids is 1. The first-order valence-corrected chi connectivity index (χ1v) is 8.53. The molecule has 1 aliphatic rings. The molecule has 126 valence electrons. The zero-order chi connectivity index (χ0) is 16.8. The molecule has 1 saturated heterocycles. The fraction of sp³-hybridized carbons (Fsp3) is 0.350. The topological polar surface area (TPSA) is 23.6 Å². The number of carbonyl (C=O) groups is 1. The van der Waals surface area contributed by atoms with Crippen molar-refractivity contribution in [1.82, 2.24) is 9.80 Å². The SMILES string of the molecule is O=C(c1ccc(F)cc1)N1CCN(CCCc2ccccc2)CC1. The van der Waals surface area contributed by atoms with Gasteiger partial charge in [-0.1, -0.05) is 30.3 Å². The summed E-state index contributed by atoms with van der Waals surface area (Å²) in [4.78, 5) is 16.7. The lowest BCUT2D eigenvalue weighted by Crippen LogP contribution is -2.48. The van der Waals surface area contributed by atoms with E-state index in [9.17, 15) is 9.18 Å². The number of piperazine rings is 1. The lowest BCUT2D eigenvalue weighted by atomic mass is 10.1. The number of amides is 1. The lowest BCUT2D eigenvalue weighted by molar-refractivity contribution is 0.0636. The molecule has 0 aliphatic carbocycles. The Morgan fingerprint density at radius 3 is 2.25 bits per heavy atom. The van der Waals surface area contributed by atoms with Crippen molar-refractivity contribution in [3.8, 4) is 0 Å². The predicted octanol–water partition coefficient (Wildman–Crippen LogP) is 3.22. The van der Waals surface area contributed by atoms with Crippen LogP contribution in [-0.4, -0.2) is 48.4 Å². The zero-order valence-electron chi connectivity index (χ0n) is 13.8. The molecular formula is C20H23FN2O. The van der Waals surface area contributed by atoms with E-state index in [1.165, 1.54) is 17.7 Å². The highest BCUT2D eigenvalue weighted by Gasteiger charge is 2.21. The summed E-state index contributed by atoms with van der Waals surface area (Å²) in [5, 5.41) is 0. The Morgan fingerprint density at radius 2 is 1.58 bits per heavy atom. The lowest BCUT2D eigenvalue weighted by Gasteiger charge is -2.34. The first kappa shape index (κ1) is 16.7. The number of rotatable bonds is 5. The van der Waals surface area contributed by atoms with Crippen LogP contribution in [-0.2, 0) is 6.42 Å². The molecule has 0 aromatic heterocycles. The van der Waals surface area contributed by atoms with Gasteiger partial charge in [-0.25, -0.2) is 4.39 Å². The maximum Gasteiger partial charge on any atom is 0.253 e. The highest BCUT2D eigenvalue weighted by Crippen LogP contribution is 2.11. The molecule has 24 heavy (non-hydrogen) atoms. The smallest absolute Gasteiger partial charge is 0.253 e. The maximum absolute atomic E-state index is 13.0. The summed E-state index contributed by atoms with van der Waals surface area (Å²) in [6, 6.07) is 16.3. The number of aryl methyl sites for hydroxylation is 1. The summed E-state index contributed by atoms with van der Waals surface area (Å²) in [5.74, 6) is -0.311. The number of hydrogen-bond acceptors (Lipinski definition) is 2. The fourth-order valence-electron chi connectivity index (χ4n) is 3.10. The van der Waals surface area contributed by atoms with Gasteiger partial charge in [-0.15, -0.1) is 0 Å². The van der Waals surface area contributed by atoms with Crippen LogP contribution in [0.4, 0.5) is 4.39 Å². The average molecular weight is 326 g/mol. The second kappa shape index (κ2) is 8.06. The van der Waals surface area contributed by atoms with E-state index < -0.39 is 0 Å². The van der Waals surface area contributed by atoms with E-state index in [1.807, 2.05) is 11.0 Å². The van der Waals surface area contributed by atoms with Crippen LogP contribution in [0.3, 0.4) is 0 Å². The fourth-order valence-corrected chi connectivity index (χ4v) is 3.10. The van der Waals surface area contributed by atoms with E-state index in [0.29, 0.717) is 5.56 Å². The molecule has 0 radical (unpaired) electrons. The van der Waals surface area contributed by atoms with Crippen molar-refractivity contribution < 1.29 is 9.18 Å². The van der Waals surface area contributed by atoms with Crippen molar-refractivity contribution in [2.24, 2.45) is 0 Å². The molecule has 0 spiro atoms. The zero-order valence-corrected chi connectivity index (χ0v) is 13.8. The van der Waals surface area contributed by atoms with Crippen LogP contribution >= 0.6 is 0 Å². The maximum atomic E-state index is 13.0. The van der Waals surface area contributed by atoms with E-state index in [2.05, 4.69) is 29.2 Å². The Labute approximate surface area is 142 Å². The molecule has 2 aromatic carbocycles. The Balaban J connectivity index is 1.42. The summed E-state index contributed by atoms with van der Waals surface area (Å²) in [5.41, 5.74) is 1.94. The quantitative estimate of drug-likeness (QED) is 0.842. The first-order chi connectivity index (χ1) is 11.7. The molecule has 1 fully saturated rings. The average Bonchev–Trinajstić information content (AvgIpc) is 2.63. The summed E-state index contributed by atoms with van der Waals surface area (Å²) in [6.45, 7) is 4.35. The number of benzene rings is 2. The van der Waals surface area contributed by atoms with Crippen molar-refractivity contribution in [2.75, 3.05) is 32.7 Å². The van der Waals surface area contributed by atoms with Crippen molar-refractivity contribution >= 4 is 5.91 Å². The number of nitrogens with zero attached hydrogens (tertiary/aromatic N) is 2. The second-order valence-electron chi connectivity index (χ2n) is 6.23. The highest BCUT2D eigenvalue weighted by atomic mass is 19.1. The van der Waals surface area contributed by atoms with Crippen LogP contribution < -0.4 is 0 Å².